The molecule has 0 aromatic carbocycles. The molecule has 458 valence electrons. The van der Waals surface area contributed by atoms with E-state index in [1.54, 1.807) is 0 Å². The van der Waals surface area contributed by atoms with Gasteiger partial charge in [0.25, 0.3) is 0 Å². The van der Waals surface area contributed by atoms with Crippen molar-refractivity contribution >= 4 is 17.9 Å². The molecule has 0 fully saturated rings. The van der Waals surface area contributed by atoms with Gasteiger partial charge in [-0.1, -0.05) is 327 Å². The maximum atomic E-state index is 12.9. The second-order valence-corrected chi connectivity index (χ2v) is 23.8. The van der Waals surface area contributed by atoms with Crippen LogP contribution < -0.4 is 0 Å². The molecule has 0 aliphatic heterocycles. The van der Waals surface area contributed by atoms with E-state index in [-0.39, 0.29) is 31.1 Å². The van der Waals surface area contributed by atoms with Crippen molar-refractivity contribution in [1.29, 1.82) is 0 Å². The lowest BCUT2D eigenvalue weighted by molar-refractivity contribution is -0.167. The highest BCUT2D eigenvalue weighted by molar-refractivity contribution is 5.71. The monoisotopic (exact) mass is 1100 g/mol. The minimum atomic E-state index is -0.771. The molecule has 0 aromatic heterocycles. The molecular formula is C72H134O6. The fraction of sp³-hybridized carbons (Fsp3) is 0.875. The number of hydrogen-bond acceptors (Lipinski definition) is 6. The summed E-state index contributed by atoms with van der Waals surface area (Å²) in [6.45, 7) is 6.66. The second-order valence-electron chi connectivity index (χ2n) is 23.8. The van der Waals surface area contributed by atoms with Crippen LogP contribution in [0.5, 0.6) is 0 Å². The molecule has 0 radical (unpaired) electrons. The Balaban J connectivity index is 4.00. The van der Waals surface area contributed by atoms with E-state index in [2.05, 4.69) is 57.2 Å². The van der Waals surface area contributed by atoms with Gasteiger partial charge in [0.05, 0.1) is 0 Å². The van der Waals surface area contributed by atoms with Gasteiger partial charge in [-0.2, -0.15) is 0 Å². The third kappa shape index (κ3) is 64.5. The zero-order chi connectivity index (χ0) is 56.4. The number of esters is 3. The van der Waals surface area contributed by atoms with Crippen molar-refractivity contribution in [3.05, 3.63) is 36.5 Å². The van der Waals surface area contributed by atoms with Gasteiger partial charge in [-0.25, -0.2) is 0 Å². The molecule has 0 bridgehead atoms. The van der Waals surface area contributed by atoms with Crippen molar-refractivity contribution in [2.24, 2.45) is 0 Å². The number of unbranched alkanes of at least 4 members (excludes halogenated alkanes) is 48. The average molecular weight is 1100 g/mol. The predicted octanol–water partition coefficient (Wildman–Crippen LogP) is 23.9. The summed E-state index contributed by atoms with van der Waals surface area (Å²) in [4.78, 5) is 38.2. The molecule has 0 aliphatic carbocycles. The van der Waals surface area contributed by atoms with Crippen LogP contribution in [0.25, 0.3) is 0 Å². The first-order valence-electron chi connectivity index (χ1n) is 35.0. The van der Waals surface area contributed by atoms with Crippen LogP contribution in [0.3, 0.4) is 0 Å². The summed E-state index contributed by atoms with van der Waals surface area (Å²) >= 11 is 0. The van der Waals surface area contributed by atoms with Crippen molar-refractivity contribution in [3.8, 4) is 0 Å². The third-order valence-corrected chi connectivity index (χ3v) is 15.9. The van der Waals surface area contributed by atoms with Crippen LogP contribution in [-0.2, 0) is 28.6 Å². The molecule has 0 saturated carbocycles. The number of hydrogen-bond donors (Lipinski definition) is 0. The number of allylic oxidation sites excluding steroid dienone is 6. The number of rotatable bonds is 65. The molecule has 0 amide bonds. The SMILES string of the molecule is CCCCCC/C=C\CCCCCCCC(=O)OC(COC(=O)CCCCCCCCCCCCCC)COC(=O)CCCCCCCCCCCCCCCCCCCCCCCCC/C=C\C/C=C\CCCCCCC. The molecule has 1 atom stereocenters. The molecule has 0 N–H and O–H groups in total. The van der Waals surface area contributed by atoms with Gasteiger partial charge in [0, 0.05) is 19.3 Å². The third-order valence-electron chi connectivity index (χ3n) is 15.9. The van der Waals surface area contributed by atoms with E-state index >= 15 is 0 Å². The van der Waals surface area contributed by atoms with Gasteiger partial charge in [0.1, 0.15) is 13.2 Å². The summed E-state index contributed by atoms with van der Waals surface area (Å²) in [6, 6.07) is 0. The molecule has 0 saturated heterocycles. The lowest BCUT2D eigenvalue weighted by Crippen LogP contribution is -2.30. The maximum Gasteiger partial charge on any atom is 0.306 e. The molecule has 6 heteroatoms. The van der Waals surface area contributed by atoms with Crippen LogP contribution in [0.2, 0.25) is 0 Å². The van der Waals surface area contributed by atoms with Gasteiger partial charge >= 0.3 is 17.9 Å². The van der Waals surface area contributed by atoms with E-state index in [9.17, 15) is 14.4 Å². The van der Waals surface area contributed by atoms with Crippen LogP contribution in [0.4, 0.5) is 0 Å². The lowest BCUT2D eigenvalue weighted by Gasteiger charge is -2.18. The first kappa shape index (κ1) is 75.6. The Morgan fingerprint density at radius 1 is 0.256 bits per heavy atom. The Kier molecular flexibility index (Phi) is 65.1. The largest absolute Gasteiger partial charge is 0.462 e. The summed E-state index contributed by atoms with van der Waals surface area (Å²) in [6.07, 6.45) is 83.4. The molecular weight excluding hydrogens is 961 g/mol. The second kappa shape index (κ2) is 67.1. The number of carbonyl (C=O) groups excluding carboxylic acids is 3. The van der Waals surface area contributed by atoms with Crippen LogP contribution in [0, 0.1) is 0 Å². The summed E-state index contributed by atoms with van der Waals surface area (Å²) in [5.74, 6) is -0.853. The van der Waals surface area contributed by atoms with Crippen molar-refractivity contribution < 1.29 is 28.6 Å². The Hall–Kier alpha value is -2.37. The summed E-state index contributed by atoms with van der Waals surface area (Å²) in [7, 11) is 0. The fourth-order valence-corrected chi connectivity index (χ4v) is 10.6. The maximum absolute atomic E-state index is 12.9. The average Bonchev–Trinajstić information content (AvgIpc) is 3.44. The first-order valence-corrected chi connectivity index (χ1v) is 35.0. The van der Waals surface area contributed by atoms with E-state index in [1.165, 1.54) is 276 Å². The molecule has 78 heavy (non-hydrogen) atoms. The van der Waals surface area contributed by atoms with Gasteiger partial charge < -0.3 is 14.2 Å². The normalized spacial score (nSPS) is 12.2. The van der Waals surface area contributed by atoms with Crippen molar-refractivity contribution in [1.82, 2.24) is 0 Å². The zero-order valence-electron chi connectivity index (χ0n) is 52.7. The molecule has 0 aromatic rings. The van der Waals surface area contributed by atoms with Crippen LogP contribution in [-0.4, -0.2) is 37.2 Å². The summed E-state index contributed by atoms with van der Waals surface area (Å²) in [5, 5.41) is 0. The molecule has 0 aliphatic rings. The van der Waals surface area contributed by atoms with Crippen molar-refractivity contribution in [2.75, 3.05) is 13.2 Å². The smallest absolute Gasteiger partial charge is 0.306 e. The minimum Gasteiger partial charge on any atom is -0.462 e. The molecule has 0 heterocycles. The van der Waals surface area contributed by atoms with Crippen LogP contribution >= 0.6 is 0 Å². The Morgan fingerprint density at radius 2 is 0.462 bits per heavy atom. The van der Waals surface area contributed by atoms with E-state index in [0.717, 1.165) is 70.6 Å². The topological polar surface area (TPSA) is 78.9 Å². The lowest BCUT2D eigenvalue weighted by atomic mass is 10.0. The van der Waals surface area contributed by atoms with E-state index < -0.39 is 6.10 Å². The van der Waals surface area contributed by atoms with E-state index in [4.69, 9.17) is 14.2 Å². The standard InChI is InChI=1S/C72H134O6/c1-4-7-10-13-16-19-22-25-26-27-28-29-30-31-32-33-34-35-36-37-38-39-40-41-42-43-44-45-46-48-50-53-56-59-62-65-71(74)77-68-69(67-76-70(73)64-61-58-55-52-49-24-21-18-15-12-9-6-3)78-72(75)66-63-60-57-54-51-47-23-20-17-14-11-8-5-2/h20,22-23,25,27-28,69H,4-19,21,24,26,29-68H2,1-3H3/b23-20-,25-22-,28-27-. The first-order chi connectivity index (χ1) is 38.5. The molecule has 1 unspecified atom stereocenters. The minimum absolute atomic E-state index is 0.0693. The summed E-state index contributed by atoms with van der Waals surface area (Å²) < 4.78 is 16.9. The van der Waals surface area contributed by atoms with Gasteiger partial charge in [0.15, 0.2) is 6.10 Å². The number of ether oxygens (including phenoxy) is 3. The number of carbonyl (C=O) groups is 3. The van der Waals surface area contributed by atoms with Crippen LogP contribution in [0.1, 0.15) is 387 Å². The van der Waals surface area contributed by atoms with Crippen molar-refractivity contribution in [3.63, 3.8) is 0 Å². The van der Waals surface area contributed by atoms with Gasteiger partial charge in [-0.05, 0) is 77.0 Å². The van der Waals surface area contributed by atoms with E-state index in [0.29, 0.717) is 19.3 Å². The predicted molar refractivity (Wildman–Crippen MR) is 339 cm³/mol. The van der Waals surface area contributed by atoms with Gasteiger partial charge in [0.2, 0.25) is 0 Å². The highest BCUT2D eigenvalue weighted by Crippen LogP contribution is 2.18. The highest BCUT2D eigenvalue weighted by atomic mass is 16.6. The molecule has 0 rings (SSSR count). The van der Waals surface area contributed by atoms with E-state index in [1.807, 2.05) is 0 Å². The van der Waals surface area contributed by atoms with Gasteiger partial charge in [-0.3, -0.25) is 14.4 Å². The molecule has 0 spiro atoms. The quantitative estimate of drug-likeness (QED) is 0.0261. The Labute approximate surface area is 486 Å². The van der Waals surface area contributed by atoms with Gasteiger partial charge in [-0.15, -0.1) is 0 Å². The zero-order valence-corrected chi connectivity index (χ0v) is 52.7. The highest BCUT2D eigenvalue weighted by Gasteiger charge is 2.19. The fourth-order valence-electron chi connectivity index (χ4n) is 10.6. The summed E-state index contributed by atoms with van der Waals surface area (Å²) in [5.41, 5.74) is 0. The Morgan fingerprint density at radius 3 is 0.731 bits per heavy atom. The van der Waals surface area contributed by atoms with Crippen LogP contribution in [0.15, 0.2) is 36.5 Å². The molecule has 6 nitrogen and oxygen atoms in total. The Bertz CT molecular complexity index is 1300. The van der Waals surface area contributed by atoms with Crippen molar-refractivity contribution in [2.45, 2.75) is 393 Å².